The summed E-state index contributed by atoms with van der Waals surface area (Å²) in [4.78, 5) is 25.2. The second-order valence-electron chi connectivity index (χ2n) is 7.64. The quantitative estimate of drug-likeness (QED) is 0.417. The Bertz CT molecular complexity index is 1320. The fourth-order valence-electron chi connectivity index (χ4n) is 3.56. The number of carbonyl (C=O) groups is 1. The number of nitrogens with one attached hydrogen (secondary N) is 1. The van der Waals surface area contributed by atoms with Crippen LogP contribution in [0.25, 0.3) is 22.5 Å². The van der Waals surface area contributed by atoms with Crippen molar-refractivity contribution < 1.29 is 4.79 Å². The Morgan fingerprint density at radius 2 is 1.88 bits per heavy atom. The molecule has 0 saturated carbocycles. The molecule has 0 aliphatic heterocycles. The summed E-state index contributed by atoms with van der Waals surface area (Å²) in [5, 5.41) is 18.3. The lowest BCUT2D eigenvalue weighted by Crippen LogP contribution is -2.30. The van der Waals surface area contributed by atoms with Gasteiger partial charge in [-0.25, -0.2) is 9.89 Å². The van der Waals surface area contributed by atoms with Crippen molar-refractivity contribution in [2.75, 3.05) is 0 Å². The van der Waals surface area contributed by atoms with Gasteiger partial charge in [0.1, 0.15) is 5.82 Å². The molecular formula is C24H25N7O2. The van der Waals surface area contributed by atoms with Gasteiger partial charge in [-0.2, -0.15) is 0 Å². The summed E-state index contributed by atoms with van der Waals surface area (Å²) >= 11 is 0. The molecule has 0 aliphatic rings. The fourth-order valence-corrected chi connectivity index (χ4v) is 3.56. The van der Waals surface area contributed by atoms with E-state index in [0.29, 0.717) is 31.0 Å². The fraction of sp³-hybridized carbons (Fsp3) is 0.250. The molecule has 9 heteroatoms. The van der Waals surface area contributed by atoms with Crippen LogP contribution in [0.3, 0.4) is 0 Å². The van der Waals surface area contributed by atoms with E-state index >= 15 is 0 Å². The number of allylic oxidation sites excluding steroid dienone is 2. The number of rotatable bonds is 8. The van der Waals surface area contributed by atoms with Crippen molar-refractivity contribution in [1.82, 2.24) is 35.0 Å². The summed E-state index contributed by atoms with van der Waals surface area (Å²) in [5.41, 5.74) is 3.50. The molecule has 0 atom stereocenters. The molecule has 2 aromatic heterocycles. The zero-order valence-electron chi connectivity index (χ0n) is 18.6. The van der Waals surface area contributed by atoms with Gasteiger partial charge in [0.25, 0.3) is 5.91 Å². The molecule has 0 fully saturated rings. The second kappa shape index (κ2) is 9.99. The lowest BCUT2D eigenvalue weighted by Gasteiger charge is -2.07. The average Bonchev–Trinajstić information content (AvgIpc) is 3.48. The maximum atomic E-state index is 12.9. The highest BCUT2D eigenvalue weighted by Gasteiger charge is 2.17. The third-order valence-corrected chi connectivity index (χ3v) is 5.28. The molecule has 9 nitrogen and oxygen atoms in total. The molecule has 2 aromatic carbocycles. The van der Waals surface area contributed by atoms with E-state index in [0.717, 1.165) is 26.9 Å². The molecule has 1 N–H and O–H groups in total. The Morgan fingerprint density at radius 3 is 2.58 bits per heavy atom. The number of hydrogen-bond acceptors (Lipinski definition) is 6. The van der Waals surface area contributed by atoms with Gasteiger partial charge >= 0.3 is 5.69 Å². The summed E-state index contributed by atoms with van der Waals surface area (Å²) in [5.74, 6) is 0.899. The van der Waals surface area contributed by atoms with Crippen LogP contribution in [0.15, 0.2) is 65.5 Å². The Balaban J connectivity index is 1.60. The van der Waals surface area contributed by atoms with E-state index in [9.17, 15) is 9.59 Å². The molecule has 4 rings (SSSR count). The van der Waals surface area contributed by atoms with E-state index in [1.807, 2.05) is 74.5 Å². The predicted octanol–water partition coefficient (Wildman–Crippen LogP) is 3.50. The largest absolute Gasteiger partial charge is 0.353 e. The third kappa shape index (κ3) is 4.87. The Hall–Kier alpha value is -4.14. The minimum Gasteiger partial charge on any atom is -0.274 e. The second-order valence-corrected chi connectivity index (χ2v) is 7.64. The first-order chi connectivity index (χ1) is 16.1. The van der Waals surface area contributed by atoms with Crippen molar-refractivity contribution in [3.05, 3.63) is 82.6 Å². The summed E-state index contributed by atoms with van der Waals surface area (Å²) < 4.78 is 2.57. The van der Waals surface area contributed by atoms with Crippen LogP contribution < -0.4 is 5.69 Å². The van der Waals surface area contributed by atoms with E-state index in [1.54, 1.807) is 4.57 Å². The number of H-pyrrole nitrogens is 1. The molecule has 0 aliphatic carbocycles. The topological polar surface area (TPSA) is 111 Å². The van der Waals surface area contributed by atoms with Crippen molar-refractivity contribution >= 4 is 5.91 Å². The summed E-state index contributed by atoms with van der Waals surface area (Å²) in [6.45, 7) is 4.16. The number of nitrogens with zero attached hydrogens (tertiary/aromatic N) is 6. The molecule has 0 saturated heterocycles. The highest BCUT2D eigenvalue weighted by atomic mass is 16.2. The van der Waals surface area contributed by atoms with E-state index in [2.05, 4.69) is 25.7 Å². The van der Waals surface area contributed by atoms with Crippen LogP contribution in [0.4, 0.5) is 0 Å². The third-order valence-electron chi connectivity index (χ3n) is 5.28. The number of carbonyl (C=O) groups excluding carboxylic acids is 1. The number of aromatic nitrogens is 7. The highest BCUT2D eigenvalue weighted by Crippen LogP contribution is 2.24. The molecule has 0 radical (unpaired) electrons. The zero-order chi connectivity index (χ0) is 23.2. The first-order valence-electron chi connectivity index (χ1n) is 10.9. The molecule has 0 spiro atoms. The standard InChI is InChI=1S/C24H25N7O2/c1-3-5-10-21-27-31(22(32)7-4-2)24(33)30(21)16-17-11-13-18(14-12-17)19-8-6-9-20(15-19)23-25-28-29-26-23/h3,5-6,8-9,11-15H,4,7,10,16H2,1-2H3,(H,25,26,28,29). The molecular weight excluding hydrogens is 418 g/mol. The van der Waals surface area contributed by atoms with Gasteiger partial charge in [0.2, 0.25) is 0 Å². The van der Waals surface area contributed by atoms with Crippen LogP contribution in [0, 0.1) is 0 Å². The van der Waals surface area contributed by atoms with Crippen LogP contribution in [0.2, 0.25) is 0 Å². The number of aromatic amines is 1. The monoisotopic (exact) mass is 443 g/mol. The van der Waals surface area contributed by atoms with Crippen LogP contribution in [-0.2, 0) is 13.0 Å². The lowest BCUT2D eigenvalue weighted by atomic mass is 10.0. The van der Waals surface area contributed by atoms with Crippen LogP contribution in [-0.4, -0.2) is 40.9 Å². The number of benzene rings is 2. The van der Waals surface area contributed by atoms with Gasteiger partial charge in [0.15, 0.2) is 5.82 Å². The molecule has 0 unspecified atom stereocenters. The number of hydrogen-bond donors (Lipinski definition) is 1. The molecule has 33 heavy (non-hydrogen) atoms. The first-order valence-corrected chi connectivity index (χ1v) is 10.9. The number of tetrazole rings is 1. The Labute approximate surface area is 190 Å². The average molecular weight is 444 g/mol. The van der Waals surface area contributed by atoms with Gasteiger partial charge in [0.05, 0.1) is 6.54 Å². The van der Waals surface area contributed by atoms with Crippen LogP contribution in [0.1, 0.15) is 42.9 Å². The van der Waals surface area contributed by atoms with Crippen LogP contribution >= 0.6 is 0 Å². The van der Waals surface area contributed by atoms with Crippen molar-refractivity contribution in [1.29, 1.82) is 0 Å². The lowest BCUT2D eigenvalue weighted by molar-refractivity contribution is 0.0880. The summed E-state index contributed by atoms with van der Waals surface area (Å²) in [6, 6.07) is 15.9. The highest BCUT2D eigenvalue weighted by molar-refractivity contribution is 5.77. The Morgan fingerprint density at radius 1 is 1.09 bits per heavy atom. The van der Waals surface area contributed by atoms with Gasteiger partial charge < -0.3 is 0 Å². The van der Waals surface area contributed by atoms with Crippen molar-refractivity contribution in [3.8, 4) is 22.5 Å². The van der Waals surface area contributed by atoms with Crippen molar-refractivity contribution in [3.63, 3.8) is 0 Å². The molecule has 4 aromatic rings. The van der Waals surface area contributed by atoms with Crippen molar-refractivity contribution in [2.24, 2.45) is 0 Å². The van der Waals surface area contributed by atoms with E-state index in [-0.39, 0.29) is 12.3 Å². The predicted molar refractivity (Wildman–Crippen MR) is 125 cm³/mol. The molecule has 0 amide bonds. The van der Waals surface area contributed by atoms with E-state index in [4.69, 9.17) is 0 Å². The SMILES string of the molecule is CC=CCc1nn(C(=O)CCC)c(=O)n1Cc1ccc(-c2cccc(-c3nnn[nH]3)c2)cc1. The maximum Gasteiger partial charge on any atom is 0.353 e. The van der Waals surface area contributed by atoms with Gasteiger partial charge in [0, 0.05) is 18.4 Å². The van der Waals surface area contributed by atoms with E-state index in [1.165, 1.54) is 0 Å². The maximum absolute atomic E-state index is 12.9. The van der Waals surface area contributed by atoms with Gasteiger partial charge in [-0.3, -0.25) is 9.36 Å². The minimum atomic E-state index is -0.398. The van der Waals surface area contributed by atoms with Crippen molar-refractivity contribution in [2.45, 2.75) is 39.7 Å². The van der Waals surface area contributed by atoms with Crippen LogP contribution in [0.5, 0.6) is 0 Å². The van der Waals surface area contributed by atoms with Gasteiger partial charge in [-0.15, -0.1) is 14.9 Å². The zero-order valence-corrected chi connectivity index (χ0v) is 18.6. The molecule has 168 valence electrons. The normalized spacial score (nSPS) is 11.3. The first kappa shape index (κ1) is 22.1. The summed E-state index contributed by atoms with van der Waals surface area (Å²) in [6.07, 6.45) is 5.27. The molecule has 0 bridgehead atoms. The smallest absolute Gasteiger partial charge is 0.274 e. The molecule has 2 heterocycles. The van der Waals surface area contributed by atoms with E-state index < -0.39 is 5.69 Å². The summed E-state index contributed by atoms with van der Waals surface area (Å²) in [7, 11) is 0. The minimum absolute atomic E-state index is 0.278. The van der Waals surface area contributed by atoms with Gasteiger partial charge in [-0.1, -0.05) is 61.5 Å². The Kier molecular flexibility index (Phi) is 6.68. The van der Waals surface area contributed by atoms with Gasteiger partial charge in [-0.05, 0) is 46.5 Å².